The van der Waals surface area contributed by atoms with Crippen molar-refractivity contribution in [3.8, 4) is 0 Å². The summed E-state index contributed by atoms with van der Waals surface area (Å²) in [4.78, 5) is 39.1. The smallest absolute Gasteiger partial charge is 0.408 e. The van der Waals surface area contributed by atoms with Gasteiger partial charge in [-0.3, -0.25) is 9.59 Å². The highest BCUT2D eigenvalue weighted by molar-refractivity contribution is 5.93. The average Bonchev–Trinajstić information content (AvgIpc) is 2.87. The molecule has 2 N–H and O–H groups in total. The second-order valence-electron chi connectivity index (χ2n) is 9.91. The molecule has 0 heterocycles. The van der Waals surface area contributed by atoms with Crippen molar-refractivity contribution in [2.45, 2.75) is 51.4 Å². The Kier molecular flexibility index (Phi) is 9.06. The minimum Gasteiger partial charge on any atom is -0.459 e. The van der Waals surface area contributed by atoms with Crippen LogP contribution in [0.25, 0.3) is 0 Å². The highest BCUT2D eigenvalue weighted by atomic mass is 16.6. The Morgan fingerprint density at radius 3 is 1.73 bits per heavy atom. The Bertz CT molecular complexity index is 1140. The number of rotatable bonds is 9. The predicted octanol–water partition coefficient (Wildman–Crippen LogP) is 4.96. The zero-order chi connectivity index (χ0) is 26.9. The molecule has 3 rings (SSSR count). The number of carbonyl (C=O) groups excluding carboxylic acids is 3. The lowest BCUT2D eigenvalue weighted by molar-refractivity contribution is -0.154. The van der Waals surface area contributed by atoms with E-state index in [1.54, 1.807) is 27.7 Å². The summed E-state index contributed by atoms with van der Waals surface area (Å²) in [6.45, 7) is 6.59. The van der Waals surface area contributed by atoms with Gasteiger partial charge in [0.15, 0.2) is 0 Å². The maximum Gasteiger partial charge on any atom is 0.408 e. The zero-order valence-corrected chi connectivity index (χ0v) is 21.7. The molecule has 0 bridgehead atoms. The van der Waals surface area contributed by atoms with Crippen molar-refractivity contribution in [2.75, 3.05) is 6.54 Å². The van der Waals surface area contributed by atoms with Crippen LogP contribution in [0.15, 0.2) is 91.0 Å². The van der Waals surface area contributed by atoms with Crippen LogP contribution in [0.2, 0.25) is 0 Å². The first kappa shape index (κ1) is 27.5. The van der Waals surface area contributed by atoms with Gasteiger partial charge < -0.3 is 20.1 Å². The molecule has 7 nitrogen and oxygen atoms in total. The quantitative estimate of drug-likeness (QED) is 0.404. The Hall–Kier alpha value is -4.13. The highest BCUT2D eigenvalue weighted by Crippen LogP contribution is 2.35. The molecule has 0 unspecified atom stereocenters. The topological polar surface area (TPSA) is 93.7 Å². The molecule has 3 aromatic carbocycles. The van der Waals surface area contributed by atoms with Crippen molar-refractivity contribution in [2.24, 2.45) is 0 Å². The van der Waals surface area contributed by atoms with Crippen molar-refractivity contribution in [3.05, 3.63) is 108 Å². The lowest BCUT2D eigenvalue weighted by Crippen LogP contribution is -2.61. The standard InChI is InChI=1S/C30H34N2O5/c1-29(2,3)37-25(33)20-31-27(34)30(4,32-28(35)36-21-22-14-8-5-9-15-22)26(23-16-10-6-11-17-23)24-18-12-7-13-19-24/h5-19,26H,20-21H2,1-4H3,(H,31,34)(H,32,35)/t30-/m1/s1. The van der Waals surface area contributed by atoms with E-state index < -0.39 is 35.0 Å². The van der Waals surface area contributed by atoms with Crippen LogP contribution in [0.3, 0.4) is 0 Å². The summed E-state index contributed by atoms with van der Waals surface area (Å²) in [6, 6.07) is 28.1. The van der Waals surface area contributed by atoms with Gasteiger partial charge in [0.05, 0.1) is 0 Å². The van der Waals surface area contributed by atoms with Crippen LogP contribution in [0.4, 0.5) is 4.79 Å². The van der Waals surface area contributed by atoms with Gasteiger partial charge in [-0.15, -0.1) is 0 Å². The van der Waals surface area contributed by atoms with Crippen molar-refractivity contribution in [1.29, 1.82) is 0 Å². The van der Waals surface area contributed by atoms with Crippen LogP contribution in [0, 0.1) is 0 Å². The van der Waals surface area contributed by atoms with E-state index in [1.165, 1.54) is 0 Å². The first-order valence-electron chi connectivity index (χ1n) is 12.2. The highest BCUT2D eigenvalue weighted by Gasteiger charge is 2.45. The van der Waals surface area contributed by atoms with Gasteiger partial charge in [-0.1, -0.05) is 91.0 Å². The minimum atomic E-state index is -1.52. The van der Waals surface area contributed by atoms with Crippen LogP contribution in [-0.2, 0) is 25.7 Å². The lowest BCUT2D eigenvalue weighted by atomic mass is 9.75. The van der Waals surface area contributed by atoms with Gasteiger partial charge >= 0.3 is 12.1 Å². The van der Waals surface area contributed by atoms with Crippen LogP contribution in [-0.4, -0.2) is 35.7 Å². The van der Waals surface area contributed by atoms with E-state index in [-0.39, 0.29) is 13.2 Å². The molecule has 37 heavy (non-hydrogen) atoms. The molecule has 0 fully saturated rings. The van der Waals surface area contributed by atoms with Gasteiger partial charge in [-0.2, -0.15) is 0 Å². The molecule has 0 spiro atoms. The van der Waals surface area contributed by atoms with Crippen molar-refractivity contribution >= 4 is 18.0 Å². The fraction of sp³-hybridized carbons (Fsp3) is 0.300. The summed E-state index contributed by atoms with van der Waals surface area (Å²) in [7, 11) is 0. The summed E-state index contributed by atoms with van der Waals surface area (Å²) in [5, 5.41) is 5.47. The number of nitrogens with one attached hydrogen (secondary N) is 2. The number of amides is 2. The van der Waals surface area contributed by atoms with Gasteiger partial charge in [-0.25, -0.2) is 4.79 Å². The monoisotopic (exact) mass is 502 g/mol. The van der Waals surface area contributed by atoms with E-state index in [1.807, 2.05) is 91.0 Å². The summed E-state index contributed by atoms with van der Waals surface area (Å²) in [6.07, 6.45) is -0.754. The fourth-order valence-electron chi connectivity index (χ4n) is 4.09. The van der Waals surface area contributed by atoms with E-state index in [4.69, 9.17) is 9.47 Å². The Morgan fingerprint density at radius 2 is 1.24 bits per heavy atom. The number of ether oxygens (including phenoxy) is 2. The number of alkyl carbamates (subject to hydrolysis) is 1. The van der Waals surface area contributed by atoms with Gasteiger partial charge in [0, 0.05) is 5.92 Å². The fourth-order valence-corrected chi connectivity index (χ4v) is 4.09. The van der Waals surface area contributed by atoms with E-state index in [2.05, 4.69) is 10.6 Å². The first-order valence-corrected chi connectivity index (χ1v) is 12.2. The molecule has 7 heteroatoms. The largest absolute Gasteiger partial charge is 0.459 e. The van der Waals surface area contributed by atoms with Gasteiger partial charge in [0.2, 0.25) is 5.91 Å². The van der Waals surface area contributed by atoms with E-state index >= 15 is 0 Å². The summed E-state index contributed by atoms with van der Waals surface area (Å²) >= 11 is 0. The van der Waals surface area contributed by atoms with Crippen LogP contribution in [0.1, 0.15) is 50.3 Å². The van der Waals surface area contributed by atoms with Gasteiger partial charge in [-0.05, 0) is 44.4 Å². The molecule has 0 radical (unpaired) electrons. The molecule has 0 aliphatic heterocycles. The number of benzene rings is 3. The number of carbonyl (C=O) groups is 3. The predicted molar refractivity (Wildman–Crippen MR) is 142 cm³/mol. The third kappa shape index (κ3) is 7.93. The van der Waals surface area contributed by atoms with Crippen molar-refractivity contribution < 1.29 is 23.9 Å². The second kappa shape index (κ2) is 12.2. The molecule has 2 amide bonds. The number of hydrogen-bond acceptors (Lipinski definition) is 5. The molecule has 3 aromatic rings. The number of hydrogen-bond donors (Lipinski definition) is 2. The maximum absolute atomic E-state index is 13.7. The van der Waals surface area contributed by atoms with Crippen LogP contribution >= 0.6 is 0 Å². The molecule has 0 saturated heterocycles. The van der Waals surface area contributed by atoms with E-state index in [0.717, 1.165) is 16.7 Å². The average molecular weight is 503 g/mol. The molecule has 0 aromatic heterocycles. The van der Waals surface area contributed by atoms with Crippen LogP contribution in [0.5, 0.6) is 0 Å². The van der Waals surface area contributed by atoms with E-state index in [0.29, 0.717) is 0 Å². The molecular weight excluding hydrogens is 468 g/mol. The zero-order valence-electron chi connectivity index (χ0n) is 21.7. The summed E-state index contributed by atoms with van der Waals surface area (Å²) < 4.78 is 10.8. The molecule has 0 aliphatic rings. The lowest BCUT2D eigenvalue weighted by Gasteiger charge is -2.37. The third-order valence-electron chi connectivity index (χ3n) is 5.70. The Morgan fingerprint density at radius 1 is 0.757 bits per heavy atom. The maximum atomic E-state index is 13.7. The van der Waals surface area contributed by atoms with E-state index in [9.17, 15) is 14.4 Å². The first-order chi connectivity index (χ1) is 17.6. The molecule has 194 valence electrons. The second-order valence-corrected chi connectivity index (χ2v) is 9.91. The summed E-state index contributed by atoms with van der Waals surface area (Å²) in [5.74, 6) is -1.71. The van der Waals surface area contributed by atoms with Gasteiger partial charge in [0.1, 0.15) is 24.3 Å². The molecule has 1 atom stereocenters. The van der Waals surface area contributed by atoms with Crippen molar-refractivity contribution in [1.82, 2.24) is 10.6 Å². The summed E-state index contributed by atoms with van der Waals surface area (Å²) in [5.41, 5.74) is 0.232. The normalized spacial score (nSPS) is 12.8. The minimum absolute atomic E-state index is 0.0453. The number of esters is 1. The van der Waals surface area contributed by atoms with Gasteiger partial charge in [0.25, 0.3) is 0 Å². The molecular formula is C30H34N2O5. The van der Waals surface area contributed by atoms with Crippen LogP contribution < -0.4 is 10.6 Å². The Balaban J connectivity index is 1.92. The van der Waals surface area contributed by atoms with Crippen molar-refractivity contribution in [3.63, 3.8) is 0 Å². The third-order valence-corrected chi connectivity index (χ3v) is 5.70. The molecule has 0 saturated carbocycles. The molecule has 0 aliphatic carbocycles. The SMILES string of the molecule is CC(C)(C)OC(=O)CNC(=O)[C@](C)(NC(=O)OCc1ccccc1)C(c1ccccc1)c1ccccc1. The Labute approximate surface area is 218 Å².